The van der Waals surface area contributed by atoms with Gasteiger partial charge in [-0.2, -0.15) is 0 Å². The molecule has 3 rings (SSSR count). The lowest BCUT2D eigenvalue weighted by molar-refractivity contribution is 0.104. The van der Waals surface area contributed by atoms with Crippen LogP contribution in [-0.4, -0.2) is 12.9 Å². The molecule has 0 saturated heterocycles. The Morgan fingerprint density at radius 3 is 2.19 bits per heavy atom. The van der Waals surface area contributed by atoms with Crippen LogP contribution in [-0.2, 0) is 6.54 Å². The average molecular weight is 357 g/mol. The first-order valence-electron chi connectivity index (χ1n) is 8.90. The molecule has 1 N–H and O–H groups in total. The summed E-state index contributed by atoms with van der Waals surface area (Å²) in [6, 6.07) is 25.3. The van der Waals surface area contributed by atoms with E-state index in [0.29, 0.717) is 12.1 Å². The van der Waals surface area contributed by atoms with Gasteiger partial charge in [-0.25, -0.2) is 0 Å². The van der Waals surface area contributed by atoms with Crippen molar-refractivity contribution in [3.05, 3.63) is 107 Å². The third-order valence-corrected chi connectivity index (χ3v) is 4.34. The van der Waals surface area contributed by atoms with Crippen molar-refractivity contribution in [1.82, 2.24) is 5.32 Å². The van der Waals surface area contributed by atoms with Crippen LogP contribution in [0.1, 0.15) is 27.0 Å². The van der Waals surface area contributed by atoms with E-state index in [-0.39, 0.29) is 5.78 Å². The Morgan fingerprint density at radius 2 is 1.56 bits per heavy atom. The molecular weight excluding hydrogens is 334 g/mol. The van der Waals surface area contributed by atoms with Crippen LogP contribution in [0.3, 0.4) is 0 Å². The van der Waals surface area contributed by atoms with Gasteiger partial charge in [0.15, 0.2) is 5.78 Å². The Hall–Kier alpha value is -3.33. The predicted octanol–water partition coefficient (Wildman–Crippen LogP) is 5.02. The molecule has 0 spiro atoms. The summed E-state index contributed by atoms with van der Waals surface area (Å²) < 4.78 is 5.23. The number of hydrogen-bond acceptors (Lipinski definition) is 3. The molecule has 0 aromatic heterocycles. The molecule has 0 saturated carbocycles. The molecule has 3 nitrogen and oxygen atoms in total. The number of hydrogen-bond donors (Lipinski definition) is 1. The second kappa shape index (κ2) is 8.86. The summed E-state index contributed by atoms with van der Waals surface area (Å²) in [4.78, 5) is 12.7. The van der Waals surface area contributed by atoms with Crippen LogP contribution in [0.4, 0.5) is 0 Å². The lowest BCUT2D eigenvalue weighted by Gasteiger charge is -2.13. The number of methoxy groups -OCH3 is 1. The number of rotatable bonds is 7. The van der Waals surface area contributed by atoms with E-state index < -0.39 is 0 Å². The van der Waals surface area contributed by atoms with Gasteiger partial charge in [0.25, 0.3) is 0 Å². The summed E-state index contributed by atoms with van der Waals surface area (Å²) in [5, 5.41) is 3.41. The average Bonchev–Trinajstić information content (AvgIpc) is 2.73. The summed E-state index contributed by atoms with van der Waals surface area (Å²) in [5.74, 6) is 0.754. The smallest absolute Gasteiger partial charge is 0.187 e. The van der Waals surface area contributed by atoms with E-state index in [0.717, 1.165) is 22.6 Å². The number of aryl methyl sites for hydroxylation is 1. The van der Waals surface area contributed by atoms with Crippen molar-refractivity contribution in [2.24, 2.45) is 0 Å². The van der Waals surface area contributed by atoms with Crippen molar-refractivity contribution >= 4 is 11.5 Å². The fraction of sp³-hybridized carbons (Fsp3) is 0.125. The zero-order valence-corrected chi connectivity index (χ0v) is 15.6. The summed E-state index contributed by atoms with van der Waals surface area (Å²) in [6.45, 7) is 2.71. The Labute approximate surface area is 160 Å². The molecule has 0 unspecified atom stereocenters. The summed E-state index contributed by atoms with van der Waals surface area (Å²) in [6.07, 6.45) is 1.66. The number of nitrogens with one attached hydrogen (secondary N) is 1. The van der Waals surface area contributed by atoms with Crippen molar-refractivity contribution in [3.63, 3.8) is 0 Å². The van der Waals surface area contributed by atoms with Gasteiger partial charge in [-0.05, 0) is 42.3 Å². The van der Waals surface area contributed by atoms with Crippen LogP contribution < -0.4 is 10.1 Å². The second-order valence-corrected chi connectivity index (χ2v) is 6.36. The zero-order chi connectivity index (χ0) is 19.1. The lowest BCUT2D eigenvalue weighted by atomic mass is 10.1. The van der Waals surface area contributed by atoms with Crippen LogP contribution in [0.5, 0.6) is 5.75 Å². The fourth-order valence-corrected chi connectivity index (χ4v) is 2.73. The minimum atomic E-state index is -0.0298. The molecule has 0 aliphatic rings. The minimum absolute atomic E-state index is 0.0298. The molecule has 27 heavy (non-hydrogen) atoms. The van der Waals surface area contributed by atoms with Gasteiger partial charge in [-0.1, -0.05) is 60.2 Å². The summed E-state index contributed by atoms with van der Waals surface area (Å²) >= 11 is 0. The third kappa shape index (κ3) is 5.08. The molecule has 0 aliphatic heterocycles. The van der Waals surface area contributed by atoms with Crippen molar-refractivity contribution in [2.45, 2.75) is 13.5 Å². The van der Waals surface area contributed by atoms with Gasteiger partial charge in [0, 0.05) is 23.9 Å². The molecule has 3 heteroatoms. The maximum atomic E-state index is 12.7. The van der Waals surface area contributed by atoms with Crippen molar-refractivity contribution in [1.29, 1.82) is 0 Å². The Bertz CT molecular complexity index is 911. The van der Waals surface area contributed by atoms with E-state index in [1.807, 2.05) is 54.6 Å². The lowest BCUT2D eigenvalue weighted by Crippen LogP contribution is -2.13. The van der Waals surface area contributed by atoms with Crippen molar-refractivity contribution in [2.75, 3.05) is 7.11 Å². The molecule has 0 amide bonds. The van der Waals surface area contributed by atoms with Crippen LogP contribution in [0.15, 0.2) is 84.9 Å². The van der Waals surface area contributed by atoms with E-state index in [1.54, 1.807) is 13.2 Å². The van der Waals surface area contributed by atoms with E-state index in [4.69, 9.17) is 4.74 Å². The van der Waals surface area contributed by atoms with E-state index >= 15 is 0 Å². The number of carbonyl (C=O) groups excluding carboxylic acids is 1. The molecular formula is C24H23NO2. The molecule has 0 fully saturated rings. The Kier molecular flexibility index (Phi) is 6.06. The largest absolute Gasteiger partial charge is 0.497 e. The maximum absolute atomic E-state index is 12.7. The number of carbonyl (C=O) groups is 1. The number of benzene rings is 3. The normalized spacial score (nSPS) is 11.1. The summed E-state index contributed by atoms with van der Waals surface area (Å²) in [5.41, 5.74) is 4.77. The highest BCUT2D eigenvalue weighted by atomic mass is 16.5. The van der Waals surface area contributed by atoms with Crippen LogP contribution in [0, 0.1) is 6.92 Å². The highest BCUT2D eigenvalue weighted by Crippen LogP contribution is 2.18. The standard InChI is InChI=1S/C24H23NO2/c1-18-8-10-19(11-9-18)17-25-23(20-12-14-22(27-2)15-13-20)16-24(26)21-6-4-3-5-7-21/h3-16,25H,17H2,1-2H3/b23-16-. The van der Waals surface area contributed by atoms with E-state index in [9.17, 15) is 4.79 Å². The molecule has 0 radical (unpaired) electrons. The topological polar surface area (TPSA) is 38.3 Å². The van der Waals surface area contributed by atoms with E-state index in [2.05, 4.69) is 36.5 Å². The molecule has 0 aliphatic carbocycles. The zero-order valence-electron chi connectivity index (χ0n) is 15.6. The predicted molar refractivity (Wildman–Crippen MR) is 110 cm³/mol. The molecule has 0 atom stereocenters. The minimum Gasteiger partial charge on any atom is -0.497 e. The molecule has 3 aromatic rings. The van der Waals surface area contributed by atoms with Crippen LogP contribution in [0.2, 0.25) is 0 Å². The van der Waals surface area contributed by atoms with E-state index in [1.165, 1.54) is 5.56 Å². The monoisotopic (exact) mass is 357 g/mol. The van der Waals surface area contributed by atoms with Crippen molar-refractivity contribution < 1.29 is 9.53 Å². The first-order valence-corrected chi connectivity index (χ1v) is 8.90. The highest BCUT2D eigenvalue weighted by molar-refractivity contribution is 6.08. The van der Waals surface area contributed by atoms with Crippen LogP contribution in [0.25, 0.3) is 5.70 Å². The number of ketones is 1. The van der Waals surface area contributed by atoms with Gasteiger partial charge in [0.2, 0.25) is 0 Å². The molecule has 3 aromatic carbocycles. The number of ether oxygens (including phenoxy) is 1. The van der Waals surface area contributed by atoms with Crippen molar-refractivity contribution in [3.8, 4) is 5.75 Å². The Balaban J connectivity index is 1.86. The molecule has 136 valence electrons. The third-order valence-electron chi connectivity index (χ3n) is 4.34. The van der Waals surface area contributed by atoms with Gasteiger partial charge < -0.3 is 10.1 Å². The quantitative estimate of drug-likeness (QED) is 0.477. The van der Waals surface area contributed by atoms with Crippen LogP contribution >= 0.6 is 0 Å². The maximum Gasteiger partial charge on any atom is 0.187 e. The summed E-state index contributed by atoms with van der Waals surface area (Å²) in [7, 11) is 1.64. The fourth-order valence-electron chi connectivity index (χ4n) is 2.73. The van der Waals surface area contributed by atoms with Gasteiger partial charge in [0.05, 0.1) is 7.11 Å². The molecule has 0 heterocycles. The van der Waals surface area contributed by atoms with Gasteiger partial charge in [-0.3, -0.25) is 4.79 Å². The highest BCUT2D eigenvalue weighted by Gasteiger charge is 2.08. The number of allylic oxidation sites excluding steroid dienone is 1. The molecule has 0 bridgehead atoms. The van der Waals surface area contributed by atoms with Gasteiger partial charge >= 0.3 is 0 Å². The van der Waals surface area contributed by atoms with Gasteiger partial charge in [-0.15, -0.1) is 0 Å². The Morgan fingerprint density at radius 1 is 0.889 bits per heavy atom. The first-order chi connectivity index (χ1) is 13.2. The van der Waals surface area contributed by atoms with Gasteiger partial charge in [0.1, 0.15) is 5.75 Å². The SMILES string of the molecule is COc1ccc(/C(=C/C(=O)c2ccccc2)NCc2ccc(C)cc2)cc1. The second-order valence-electron chi connectivity index (χ2n) is 6.36. The first kappa shape index (κ1) is 18.5.